The molecule has 1 aliphatic rings. The van der Waals surface area contributed by atoms with E-state index in [0.29, 0.717) is 5.47 Å². The number of nitrogens with two attached hydrogens (primary N) is 1. The van der Waals surface area contributed by atoms with Crippen LogP contribution >= 0.6 is 0 Å². The maximum atomic E-state index is 13.2. The summed E-state index contributed by atoms with van der Waals surface area (Å²) in [5, 5.41) is 2.91. The van der Waals surface area contributed by atoms with Crippen LogP contribution < -0.4 is 11.1 Å². The third-order valence-electron chi connectivity index (χ3n) is 4.38. The fourth-order valence-corrected chi connectivity index (χ4v) is 2.34. The lowest BCUT2D eigenvalue weighted by atomic mass is 9.77. The van der Waals surface area contributed by atoms with Gasteiger partial charge in [0, 0.05) is 18.3 Å². The topological polar surface area (TPSA) is 82.3 Å². The van der Waals surface area contributed by atoms with Crippen molar-refractivity contribution in [2.75, 3.05) is 19.3 Å². The van der Waals surface area contributed by atoms with Crippen LogP contribution in [-0.4, -0.2) is 41.9 Å². The van der Waals surface area contributed by atoms with Crippen molar-refractivity contribution < 1.29 is 22.5 Å². The Bertz CT molecular complexity index is 661. The Kier molecular flexibility index (Phi) is 5.18. The largest absolute Gasteiger partial charge is 0.491 e. The third kappa shape index (κ3) is 4.13. The van der Waals surface area contributed by atoms with Crippen LogP contribution in [0.5, 0.6) is 0 Å². The third-order valence-corrected chi connectivity index (χ3v) is 4.38. The number of likely N-dealkylation sites (N-methyl/N-ethyl adjacent to an activating group) is 1. The summed E-state index contributed by atoms with van der Waals surface area (Å²) in [6.45, 7) is 7.77. The second-order valence-corrected chi connectivity index (χ2v) is 6.87. The van der Waals surface area contributed by atoms with E-state index in [1.807, 2.05) is 27.7 Å². The van der Waals surface area contributed by atoms with Crippen LogP contribution in [-0.2, 0) is 15.5 Å². The molecular weight excluding hydrogens is 336 g/mol. The maximum absolute atomic E-state index is 13.2. The Labute approximate surface area is 145 Å². The van der Waals surface area contributed by atoms with Gasteiger partial charge in [0.05, 0.1) is 11.2 Å². The fraction of sp³-hybridized carbons (Fsp3) is 0.600. The highest BCUT2D eigenvalue weighted by atomic mass is 19.4. The Morgan fingerprint density at radius 1 is 1.28 bits per heavy atom. The van der Waals surface area contributed by atoms with Gasteiger partial charge in [-0.25, -0.2) is 9.97 Å². The molecule has 2 rings (SSSR count). The van der Waals surface area contributed by atoms with Crippen molar-refractivity contribution in [3.8, 4) is 0 Å². The number of hydrogen-bond donors (Lipinski definition) is 2. The van der Waals surface area contributed by atoms with Gasteiger partial charge in [-0.05, 0) is 40.2 Å². The molecule has 0 atom stereocenters. The van der Waals surface area contributed by atoms with Crippen molar-refractivity contribution in [1.82, 2.24) is 15.3 Å². The van der Waals surface area contributed by atoms with Crippen LogP contribution in [0.2, 0.25) is 0 Å². The number of aromatic nitrogens is 2. The number of nitrogens with one attached hydrogen (secondary N) is 1. The summed E-state index contributed by atoms with van der Waals surface area (Å²) in [6, 6.07) is 0. The molecule has 2 heterocycles. The number of nitrogens with zero attached hydrogens (tertiary/aromatic N) is 2. The van der Waals surface area contributed by atoms with Crippen LogP contribution in [0.3, 0.4) is 0 Å². The van der Waals surface area contributed by atoms with Gasteiger partial charge in [-0.15, -0.1) is 0 Å². The number of nitrogen functional groups attached to an aromatic ring is 1. The van der Waals surface area contributed by atoms with Crippen LogP contribution in [0.25, 0.3) is 6.08 Å². The van der Waals surface area contributed by atoms with Gasteiger partial charge in [0.2, 0.25) is 5.95 Å². The minimum Gasteiger partial charge on any atom is -0.400 e. The average molecular weight is 358 g/mol. The molecule has 0 radical (unpaired) electrons. The molecule has 0 saturated carbocycles. The average Bonchev–Trinajstić information content (AvgIpc) is 2.67. The smallest absolute Gasteiger partial charge is 0.400 e. The molecule has 0 aromatic carbocycles. The van der Waals surface area contributed by atoms with Crippen molar-refractivity contribution in [2.45, 2.75) is 45.1 Å². The summed E-state index contributed by atoms with van der Waals surface area (Å²) >= 11 is 0. The van der Waals surface area contributed by atoms with E-state index in [1.165, 1.54) is 6.08 Å². The van der Waals surface area contributed by atoms with Gasteiger partial charge in [0.1, 0.15) is 0 Å². The number of alkyl halides is 3. The van der Waals surface area contributed by atoms with Crippen LogP contribution in [0, 0.1) is 0 Å². The van der Waals surface area contributed by atoms with Crippen molar-refractivity contribution in [3.05, 3.63) is 22.9 Å². The highest BCUT2D eigenvalue weighted by Crippen LogP contribution is 2.39. The van der Waals surface area contributed by atoms with E-state index in [2.05, 4.69) is 15.3 Å². The molecule has 0 amide bonds. The molecule has 10 heteroatoms. The first-order valence-corrected chi connectivity index (χ1v) is 7.78. The molecule has 1 fully saturated rings. The summed E-state index contributed by atoms with van der Waals surface area (Å²) in [6.07, 6.45) is -2.27. The summed E-state index contributed by atoms with van der Waals surface area (Å²) in [7, 11) is 0.902. The standard InChI is InChI=1S/C15H22BF3N4O2/c1-13(2)14(3,4)25-16(24-13)10(8-21-5)6-9-7-22-12(20)23-11(9)15(17,18)19/h6-7,21H,8H2,1-5H3,(H2,20,22,23). The molecule has 1 aromatic heterocycles. The summed E-state index contributed by atoms with van der Waals surface area (Å²) in [5.41, 5.74) is 3.31. The van der Waals surface area contributed by atoms with Crippen molar-refractivity contribution >= 4 is 19.1 Å². The zero-order chi connectivity index (χ0) is 19.0. The Morgan fingerprint density at radius 3 is 2.32 bits per heavy atom. The highest BCUT2D eigenvalue weighted by molar-refractivity contribution is 6.55. The molecule has 0 unspecified atom stereocenters. The molecule has 0 spiro atoms. The number of rotatable bonds is 4. The fourth-order valence-electron chi connectivity index (χ4n) is 2.34. The first-order valence-electron chi connectivity index (χ1n) is 7.78. The van der Waals surface area contributed by atoms with E-state index in [0.717, 1.165) is 6.20 Å². The molecule has 138 valence electrons. The van der Waals surface area contributed by atoms with E-state index in [-0.39, 0.29) is 12.1 Å². The minimum absolute atomic E-state index is 0.193. The molecule has 1 aromatic rings. The highest BCUT2D eigenvalue weighted by Gasteiger charge is 2.52. The lowest BCUT2D eigenvalue weighted by Crippen LogP contribution is -2.41. The summed E-state index contributed by atoms with van der Waals surface area (Å²) in [5.74, 6) is -0.435. The van der Waals surface area contributed by atoms with E-state index in [4.69, 9.17) is 15.0 Å². The normalized spacial score (nSPS) is 20.2. The van der Waals surface area contributed by atoms with E-state index >= 15 is 0 Å². The van der Waals surface area contributed by atoms with E-state index in [1.54, 1.807) is 7.05 Å². The van der Waals surface area contributed by atoms with Crippen molar-refractivity contribution in [3.63, 3.8) is 0 Å². The first kappa shape index (κ1) is 19.7. The van der Waals surface area contributed by atoms with E-state index in [9.17, 15) is 13.2 Å². The Hall–Kier alpha value is -1.65. The molecule has 25 heavy (non-hydrogen) atoms. The predicted molar refractivity (Wildman–Crippen MR) is 89.4 cm³/mol. The van der Waals surface area contributed by atoms with Crippen molar-refractivity contribution in [2.24, 2.45) is 0 Å². The molecule has 0 aliphatic carbocycles. The first-order chi connectivity index (χ1) is 11.4. The lowest BCUT2D eigenvalue weighted by molar-refractivity contribution is -0.141. The molecule has 6 nitrogen and oxygen atoms in total. The van der Waals surface area contributed by atoms with Gasteiger partial charge in [0.15, 0.2) is 5.69 Å². The van der Waals surface area contributed by atoms with Gasteiger partial charge >= 0.3 is 13.3 Å². The molecule has 1 saturated heterocycles. The SMILES string of the molecule is CNCC(=Cc1cnc(N)nc1C(F)(F)F)B1OC(C)(C)C(C)(C)O1. The summed E-state index contributed by atoms with van der Waals surface area (Å²) in [4.78, 5) is 7.01. The lowest BCUT2D eigenvalue weighted by Gasteiger charge is -2.32. The molecule has 3 N–H and O–H groups in total. The van der Waals surface area contributed by atoms with Gasteiger partial charge in [0.25, 0.3) is 0 Å². The van der Waals surface area contributed by atoms with Crippen LogP contribution in [0.15, 0.2) is 11.7 Å². The monoisotopic (exact) mass is 358 g/mol. The quantitative estimate of drug-likeness (QED) is 0.804. The number of hydrogen-bond acceptors (Lipinski definition) is 6. The Balaban J connectivity index is 2.46. The van der Waals surface area contributed by atoms with Gasteiger partial charge in [-0.2, -0.15) is 13.2 Å². The molecular formula is C15H22BF3N4O2. The molecule has 1 aliphatic heterocycles. The van der Waals surface area contributed by atoms with Crippen LogP contribution in [0.1, 0.15) is 39.0 Å². The van der Waals surface area contributed by atoms with Crippen LogP contribution in [0.4, 0.5) is 19.1 Å². The zero-order valence-electron chi connectivity index (χ0n) is 14.9. The van der Waals surface area contributed by atoms with Crippen molar-refractivity contribution in [1.29, 1.82) is 0 Å². The summed E-state index contributed by atoms with van der Waals surface area (Å²) < 4.78 is 51.6. The Morgan fingerprint density at radius 2 is 1.84 bits per heavy atom. The second-order valence-electron chi connectivity index (χ2n) is 6.87. The van der Waals surface area contributed by atoms with Gasteiger partial charge in [-0.1, -0.05) is 6.08 Å². The number of anilines is 1. The zero-order valence-corrected chi connectivity index (χ0v) is 14.9. The second kappa shape index (κ2) is 6.58. The maximum Gasteiger partial charge on any atom is 0.491 e. The predicted octanol–water partition coefficient (Wildman–Crippen LogP) is 2.31. The minimum atomic E-state index is -4.65. The van der Waals surface area contributed by atoms with E-state index < -0.39 is 36.1 Å². The number of halogens is 3. The van der Waals surface area contributed by atoms with Gasteiger partial charge in [-0.3, -0.25) is 0 Å². The molecule has 0 bridgehead atoms. The van der Waals surface area contributed by atoms with Gasteiger partial charge < -0.3 is 20.4 Å².